The summed E-state index contributed by atoms with van der Waals surface area (Å²) in [6, 6.07) is 6.79. The van der Waals surface area contributed by atoms with E-state index in [1.807, 2.05) is 19.9 Å². The molecule has 0 fully saturated rings. The Morgan fingerprint density at radius 2 is 2.00 bits per heavy atom. The van der Waals surface area contributed by atoms with E-state index in [9.17, 15) is 4.79 Å². The van der Waals surface area contributed by atoms with Gasteiger partial charge >= 0.3 is 6.09 Å². The summed E-state index contributed by atoms with van der Waals surface area (Å²) in [5.41, 5.74) is 2.26. The van der Waals surface area contributed by atoms with Crippen LogP contribution in [0.25, 0.3) is 12.2 Å². The van der Waals surface area contributed by atoms with Crippen molar-refractivity contribution in [3.63, 3.8) is 0 Å². The molecule has 4 nitrogen and oxygen atoms in total. The highest BCUT2D eigenvalue weighted by Gasteiger charge is 2.17. The summed E-state index contributed by atoms with van der Waals surface area (Å²) in [7, 11) is 0. The minimum absolute atomic E-state index is 0.0199. The number of furan rings is 1. The molecular weight excluding hydrogens is 345 g/mol. The van der Waals surface area contributed by atoms with Crippen LogP contribution in [0.15, 0.2) is 46.6 Å². The minimum atomic E-state index is -0.612. The number of nitrogens with one attached hydrogen (secondary N) is 1. The van der Waals surface area contributed by atoms with E-state index in [4.69, 9.17) is 9.15 Å². The smallest absolute Gasteiger partial charge is 0.407 e. The van der Waals surface area contributed by atoms with Crippen LogP contribution < -0.4 is 16.0 Å². The molecule has 1 aromatic heterocycles. The number of halogens is 1. The van der Waals surface area contributed by atoms with Crippen LogP contribution in [-0.2, 0) is 11.3 Å². The van der Waals surface area contributed by atoms with Gasteiger partial charge in [0.1, 0.15) is 16.8 Å². The number of allylic oxidation sites excluding steroid dienone is 2. The molecule has 144 valence electrons. The fraction of sp³-hybridized carbons (Fsp3) is 0.318. The Bertz CT molecular complexity index is 960. The monoisotopic (exact) mass is 371 g/mol. The molecule has 1 amide bonds. The predicted octanol–water partition coefficient (Wildman–Crippen LogP) is 4.02. The van der Waals surface area contributed by atoms with E-state index in [1.54, 1.807) is 45.0 Å². The Kier molecular flexibility index (Phi) is 6.26. The zero-order valence-electron chi connectivity index (χ0n) is 16.5. The lowest BCUT2D eigenvalue weighted by molar-refractivity contribution is 0.0523. The summed E-state index contributed by atoms with van der Waals surface area (Å²) in [4.78, 5) is 11.8. The van der Waals surface area contributed by atoms with Gasteiger partial charge in [-0.1, -0.05) is 36.4 Å². The molecule has 1 N–H and O–H groups in total. The SMILES string of the molecule is C=c1cco/c1=C(/C=C(C)C)c1cccc(CNC(=O)OC(C)(C)C)c1F. The number of benzene rings is 1. The van der Waals surface area contributed by atoms with Crippen molar-refractivity contribution in [3.8, 4) is 0 Å². The zero-order valence-corrected chi connectivity index (χ0v) is 16.5. The second-order valence-corrected chi connectivity index (χ2v) is 7.54. The van der Waals surface area contributed by atoms with Gasteiger partial charge in [0.15, 0.2) is 0 Å². The number of carbonyl (C=O) groups excluding carboxylic acids is 1. The van der Waals surface area contributed by atoms with E-state index in [2.05, 4.69) is 11.9 Å². The highest BCUT2D eigenvalue weighted by molar-refractivity contribution is 5.74. The standard InChI is InChI=1S/C22H26FNO3/c1-14(2)12-18(20-15(3)10-11-26-20)17-9-7-8-16(19(17)23)13-24-21(25)27-22(4,5)6/h7-12H,3,13H2,1-2,4-6H3,(H,24,25)/b20-18-. The molecule has 0 spiro atoms. The van der Waals surface area contributed by atoms with Gasteiger partial charge in [0.2, 0.25) is 0 Å². The minimum Gasteiger partial charge on any atom is -0.464 e. The van der Waals surface area contributed by atoms with Gasteiger partial charge in [-0.2, -0.15) is 0 Å². The van der Waals surface area contributed by atoms with Crippen molar-refractivity contribution in [3.05, 3.63) is 69.8 Å². The van der Waals surface area contributed by atoms with Crippen molar-refractivity contribution in [2.24, 2.45) is 0 Å². The number of hydrogen-bond acceptors (Lipinski definition) is 3. The van der Waals surface area contributed by atoms with Gasteiger partial charge in [-0.25, -0.2) is 9.18 Å². The highest BCUT2D eigenvalue weighted by atomic mass is 19.1. The molecule has 5 heteroatoms. The van der Waals surface area contributed by atoms with Crippen molar-refractivity contribution in [2.45, 2.75) is 46.8 Å². The van der Waals surface area contributed by atoms with Gasteiger partial charge in [-0.15, -0.1) is 0 Å². The number of rotatable bonds is 4. The summed E-state index contributed by atoms with van der Waals surface area (Å²) in [5.74, 6) is -0.420. The van der Waals surface area contributed by atoms with Crippen LogP contribution in [0, 0.1) is 5.82 Å². The first-order valence-electron chi connectivity index (χ1n) is 8.75. The fourth-order valence-electron chi connectivity index (χ4n) is 2.53. The predicted molar refractivity (Wildman–Crippen MR) is 105 cm³/mol. The van der Waals surface area contributed by atoms with Gasteiger partial charge < -0.3 is 14.5 Å². The van der Waals surface area contributed by atoms with Gasteiger partial charge in [-0.05, 0) is 40.7 Å². The van der Waals surface area contributed by atoms with Crippen LogP contribution in [0.4, 0.5) is 9.18 Å². The van der Waals surface area contributed by atoms with Crippen LogP contribution >= 0.6 is 0 Å². The fourth-order valence-corrected chi connectivity index (χ4v) is 2.53. The quantitative estimate of drug-likeness (QED) is 0.883. The van der Waals surface area contributed by atoms with Crippen LogP contribution in [0.1, 0.15) is 45.7 Å². The summed E-state index contributed by atoms with van der Waals surface area (Å²) < 4.78 is 25.9. The lowest BCUT2D eigenvalue weighted by atomic mass is 9.99. The molecular formula is C22H26FNO3. The second kappa shape index (κ2) is 8.25. The van der Waals surface area contributed by atoms with Gasteiger partial charge in [0, 0.05) is 28.5 Å². The zero-order chi connectivity index (χ0) is 20.2. The second-order valence-electron chi connectivity index (χ2n) is 7.54. The molecule has 0 saturated carbocycles. The van der Waals surface area contributed by atoms with E-state index in [1.165, 1.54) is 6.26 Å². The molecule has 27 heavy (non-hydrogen) atoms. The van der Waals surface area contributed by atoms with E-state index in [-0.39, 0.29) is 6.54 Å². The third-order valence-corrected chi connectivity index (χ3v) is 3.62. The maximum atomic E-state index is 15.2. The maximum Gasteiger partial charge on any atom is 0.407 e. The Labute approximate surface area is 159 Å². The Hall–Kier alpha value is -2.82. The largest absolute Gasteiger partial charge is 0.464 e. The molecule has 0 unspecified atom stereocenters. The molecule has 0 bridgehead atoms. The molecule has 0 aliphatic carbocycles. The van der Waals surface area contributed by atoms with Crippen molar-refractivity contribution in [1.29, 1.82) is 0 Å². The van der Waals surface area contributed by atoms with Crippen LogP contribution in [0.3, 0.4) is 0 Å². The average molecular weight is 371 g/mol. The summed E-state index contributed by atoms with van der Waals surface area (Å²) in [6.07, 6.45) is 2.80. The number of alkyl carbamates (subject to hydrolysis) is 1. The van der Waals surface area contributed by atoms with Crippen molar-refractivity contribution >= 4 is 18.2 Å². The first-order valence-corrected chi connectivity index (χ1v) is 8.75. The Balaban J connectivity index is 2.41. The van der Waals surface area contributed by atoms with Crippen LogP contribution in [0.5, 0.6) is 0 Å². The normalized spacial score (nSPS) is 12.4. The number of carbonyl (C=O) groups is 1. The summed E-state index contributed by atoms with van der Waals surface area (Å²) in [5, 5.41) is 3.27. The average Bonchev–Trinajstić information content (AvgIpc) is 2.96. The van der Waals surface area contributed by atoms with E-state index in [0.717, 1.165) is 5.57 Å². The molecule has 2 rings (SSSR count). The summed E-state index contributed by atoms with van der Waals surface area (Å²) >= 11 is 0. The molecule has 1 aromatic carbocycles. The van der Waals surface area contributed by atoms with Crippen molar-refractivity contribution in [1.82, 2.24) is 5.32 Å². The van der Waals surface area contributed by atoms with Crippen LogP contribution in [-0.4, -0.2) is 11.7 Å². The first kappa shape index (κ1) is 20.5. The van der Waals surface area contributed by atoms with Crippen molar-refractivity contribution in [2.75, 3.05) is 0 Å². The molecule has 0 aliphatic heterocycles. The van der Waals surface area contributed by atoms with Gasteiger partial charge in [0.05, 0.1) is 6.26 Å². The Morgan fingerprint density at radius 1 is 1.30 bits per heavy atom. The van der Waals surface area contributed by atoms with Crippen molar-refractivity contribution < 1.29 is 18.3 Å². The number of amides is 1. The molecule has 1 heterocycles. The Morgan fingerprint density at radius 3 is 2.56 bits per heavy atom. The van der Waals surface area contributed by atoms with E-state index < -0.39 is 17.5 Å². The molecule has 0 saturated heterocycles. The third-order valence-electron chi connectivity index (χ3n) is 3.62. The van der Waals surface area contributed by atoms with E-state index >= 15 is 4.39 Å². The molecule has 0 radical (unpaired) electrons. The number of ether oxygens (including phenoxy) is 1. The number of hydrogen-bond donors (Lipinski definition) is 1. The molecule has 0 atom stereocenters. The van der Waals surface area contributed by atoms with E-state index in [0.29, 0.717) is 27.3 Å². The first-order chi connectivity index (χ1) is 12.6. The lowest BCUT2D eigenvalue weighted by Crippen LogP contribution is -2.32. The summed E-state index contributed by atoms with van der Waals surface area (Å²) in [6.45, 7) is 13.1. The van der Waals surface area contributed by atoms with Gasteiger partial charge in [-0.3, -0.25) is 0 Å². The highest BCUT2D eigenvalue weighted by Crippen LogP contribution is 2.21. The lowest BCUT2D eigenvalue weighted by Gasteiger charge is -2.20. The van der Waals surface area contributed by atoms with Crippen LogP contribution in [0.2, 0.25) is 0 Å². The topological polar surface area (TPSA) is 51.5 Å². The molecule has 2 aromatic rings. The molecule has 0 aliphatic rings. The maximum absolute atomic E-state index is 15.2. The van der Waals surface area contributed by atoms with Gasteiger partial charge in [0.25, 0.3) is 0 Å². The third kappa shape index (κ3) is 5.58.